The number of nitriles is 1. The molecule has 0 aliphatic heterocycles. The molecule has 1 aromatic heterocycles. The number of nitrogens with zero attached hydrogens (tertiary/aromatic N) is 2. The fourth-order valence-electron chi connectivity index (χ4n) is 2.84. The highest BCUT2D eigenvalue weighted by molar-refractivity contribution is 6.30. The zero-order chi connectivity index (χ0) is 14.1. The maximum atomic E-state index is 9.43. The van der Waals surface area contributed by atoms with E-state index in [1.165, 1.54) is 0 Å². The Labute approximate surface area is 123 Å². The largest absolute Gasteiger partial charge is 0.383 e. The fourth-order valence-corrected chi connectivity index (χ4v) is 3.03. The van der Waals surface area contributed by atoms with Gasteiger partial charge in [0.15, 0.2) is 0 Å². The zero-order valence-electron chi connectivity index (χ0n) is 11.0. The zero-order valence-corrected chi connectivity index (χ0v) is 11.7. The van der Waals surface area contributed by atoms with Gasteiger partial charge in [-0.05, 0) is 48.9 Å². The number of pyridine rings is 1. The Bertz CT molecular complexity index is 716. The molecule has 1 aliphatic carbocycles. The van der Waals surface area contributed by atoms with E-state index in [-0.39, 0.29) is 0 Å². The van der Waals surface area contributed by atoms with Gasteiger partial charge in [0.25, 0.3) is 0 Å². The lowest BCUT2D eigenvalue weighted by molar-refractivity contribution is 0.670. The van der Waals surface area contributed by atoms with Gasteiger partial charge < -0.3 is 5.73 Å². The van der Waals surface area contributed by atoms with Crippen molar-refractivity contribution in [3.05, 3.63) is 46.1 Å². The molecule has 0 fully saturated rings. The molecule has 1 heterocycles. The van der Waals surface area contributed by atoms with Gasteiger partial charge in [0.1, 0.15) is 17.5 Å². The summed E-state index contributed by atoms with van der Waals surface area (Å²) >= 11 is 6.08. The standard InChI is InChI=1S/C16H14ClN3/c17-11-5-3-4-10(8-11)15-12-6-1-2-7-14(12)20-16(19)13(15)9-18/h3-5,8H,1-2,6-7H2,(H2,19,20). The molecule has 4 heteroatoms. The molecule has 0 saturated carbocycles. The lowest BCUT2D eigenvalue weighted by Gasteiger charge is -2.21. The average Bonchev–Trinajstić information content (AvgIpc) is 2.45. The number of rotatable bonds is 1. The number of aromatic nitrogens is 1. The van der Waals surface area contributed by atoms with Crippen LogP contribution in [0.25, 0.3) is 11.1 Å². The van der Waals surface area contributed by atoms with E-state index >= 15 is 0 Å². The Morgan fingerprint density at radius 2 is 2.05 bits per heavy atom. The minimum absolute atomic E-state index is 0.322. The van der Waals surface area contributed by atoms with Crippen molar-refractivity contribution in [2.24, 2.45) is 0 Å². The number of hydrogen-bond donors (Lipinski definition) is 1. The van der Waals surface area contributed by atoms with Gasteiger partial charge in [0.2, 0.25) is 0 Å². The molecule has 100 valence electrons. The predicted molar refractivity (Wildman–Crippen MR) is 80.5 cm³/mol. The Morgan fingerprint density at radius 1 is 1.25 bits per heavy atom. The molecule has 3 rings (SSSR count). The van der Waals surface area contributed by atoms with E-state index in [1.54, 1.807) is 0 Å². The van der Waals surface area contributed by atoms with Crippen LogP contribution in [-0.2, 0) is 12.8 Å². The third kappa shape index (κ3) is 2.13. The maximum Gasteiger partial charge on any atom is 0.142 e. The predicted octanol–water partition coefficient (Wildman–Crippen LogP) is 3.73. The van der Waals surface area contributed by atoms with E-state index in [1.807, 2.05) is 24.3 Å². The number of nitrogen functional groups attached to an aromatic ring is 1. The number of hydrogen-bond acceptors (Lipinski definition) is 3. The number of aryl methyl sites for hydroxylation is 1. The van der Waals surface area contributed by atoms with Crippen LogP contribution in [0.3, 0.4) is 0 Å². The van der Waals surface area contributed by atoms with Crippen molar-refractivity contribution in [3.63, 3.8) is 0 Å². The highest BCUT2D eigenvalue weighted by Crippen LogP contribution is 2.36. The quantitative estimate of drug-likeness (QED) is 0.867. The van der Waals surface area contributed by atoms with Crippen molar-refractivity contribution in [2.45, 2.75) is 25.7 Å². The first-order valence-corrected chi connectivity index (χ1v) is 7.05. The molecule has 2 aromatic rings. The molecule has 0 saturated heterocycles. The summed E-state index contributed by atoms with van der Waals surface area (Å²) in [5, 5.41) is 10.1. The van der Waals surface area contributed by atoms with Crippen LogP contribution in [-0.4, -0.2) is 4.98 Å². The van der Waals surface area contributed by atoms with Crippen LogP contribution in [0.2, 0.25) is 5.02 Å². The van der Waals surface area contributed by atoms with Gasteiger partial charge in [-0.2, -0.15) is 5.26 Å². The summed E-state index contributed by atoms with van der Waals surface area (Å²) < 4.78 is 0. The summed E-state index contributed by atoms with van der Waals surface area (Å²) in [6.45, 7) is 0. The van der Waals surface area contributed by atoms with Crippen LogP contribution in [0.1, 0.15) is 29.7 Å². The third-order valence-electron chi connectivity index (χ3n) is 3.73. The highest BCUT2D eigenvalue weighted by atomic mass is 35.5. The lowest BCUT2D eigenvalue weighted by atomic mass is 9.86. The summed E-state index contributed by atoms with van der Waals surface area (Å²) in [7, 11) is 0. The summed E-state index contributed by atoms with van der Waals surface area (Å²) in [5.41, 5.74) is 10.5. The van der Waals surface area contributed by atoms with E-state index in [9.17, 15) is 5.26 Å². The molecule has 3 nitrogen and oxygen atoms in total. The molecule has 2 N–H and O–H groups in total. The first-order chi connectivity index (χ1) is 9.70. The van der Waals surface area contributed by atoms with Crippen molar-refractivity contribution < 1.29 is 0 Å². The molecule has 0 amide bonds. The van der Waals surface area contributed by atoms with Crippen LogP contribution in [0.5, 0.6) is 0 Å². The Kier molecular flexibility index (Phi) is 3.33. The van der Waals surface area contributed by atoms with Crippen molar-refractivity contribution in [1.29, 1.82) is 5.26 Å². The molecule has 0 atom stereocenters. The monoisotopic (exact) mass is 283 g/mol. The van der Waals surface area contributed by atoms with Crippen LogP contribution >= 0.6 is 11.6 Å². The lowest BCUT2D eigenvalue weighted by Crippen LogP contribution is -2.11. The van der Waals surface area contributed by atoms with Crippen molar-refractivity contribution in [3.8, 4) is 17.2 Å². The number of benzene rings is 1. The molecule has 0 radical (unpaired) electrons. The number of anilines is 1. The van der Waals surface area contributed by atoms with Crippen LogP contribution < -0.4 is 5.73 Å². The van der Waals surface area contributed by atoms with E-state index < -0.39 is 0 Å². The Balaban J connectivity index is 2.32. The average molecular weight is 284 g/mol. The molecule has 20 heavy (non-hydrogen) atoms. The first-order valence-electron chi connectivity index (χ1n) is 6.68. The number of halogens is 1. The highest BCUT2D eigenvalue weighted by Gasteiger charge is 2.21. The molecule has 1 aliphatic rings. The molecule has 1 aromatic carbocycles. The van der Waals surface area contributed by atoms with Gasteiger partial charge in [-0.25, -0.2) is 4.98 Å². The second kappa shape index (κ2) is 5.15. The molecule has 0 unspecified atom stereocenters. The van der Waals surface area contributed by atoms with Gasteiger partial charge >= 0.3 is 0 Å². The second-order valence-electron chi connectivity index (χ2n) is 5.00. The summed E-state index contributed by atoms with van der Waals surface area (Å²) in [5.74, 6) is 0.322. The van der Waals surface area contributed by atoms with Gasteiger partial charge in [0, 0.05) is 16.3 Å². The van der Waals surface area contributed by atoms with Gasteiger partial charge in [-0.3, -0.25) is 0 Å². The Hall–Kier alpha value is -2.05. The molecular formula is C16H14ClN3. The fraction of sp³-hybridized carbons (Fsp3) is 0.250. The summed E-state index contributed by atoms with van der Waals surface area (Å²) in [6, 6.07) is 9.77. The summed E-state index contributed by atoms with van der Waals surface area (Å²) in [6.07, 6.45) is 4.12. The third-order valence-corrected chi connectivity index (χ3v) is 3.96. The molecule has 0 spiro atoms. The first kappa shape index (κ1) is 13.0. The van der Waals surface area contributed by atoms with Crippen molar-refractivity contribution in [1.82, 2.24) is 4.98 Å². The van der Waals surface area contributed by atoms with Gasteiger partial charge in [0.05, 0.1) is 0 Å². The van der Waals surface area contributed by atoms with Crippen molar-refractivity contribution >= 4 is 17.4 Å². The molecule has 0 bridgehead atoms. The minimum Gasteiger partial charge on any atom is -0.383 e. The normalized spacial score (nSPS) is 13.6. The smallest absolute Gasteiger partial charge is 0.142 e. The van der Waals surface area contributed by atoms with E-state index in [0.717, 1.165) is 48.1 Å². The molecular weight excluding hydrogens is 270 g/mol. The van der Waals surface area contributed by atoms with Gasteiger partial charge in [-0.15, -0.1) is 0 Å². The Morgan fingerprint density at radius 3 is 2.80 bits per heavy atom. The van der Waals surface area contributed by atoms with E-state index in [2.05, 4.69) is 11.1 Å². The van der Waals surface area contributed by atoms with E-state index in [0.29, 0.717) is 16.4 Å². The SMILES string of the molecule is N#Cc1c(N)nc2c(c1-c1cccc(Cl)c1)CCCC2. The van der Waals surface area contributed by atoms with E-state index in [4.69, 9.17) is 17.3 Å². The van der Waals surface area contributed by atoms with Crippen LogP contribution in [0.15, 0.2) is 24.3 Å². The van der Waals surface area contributed by atoms with Crippen LogP contribution in [0, 0.1) is 11.3 Å². The minimum atomic E-state index is 0.322. The van der Waals surface area contributed by atoms with Gasteiger partial charge in [-0.1, -0.05) is 23.7 Å². The van der Waals surface area contributed by atoms with Crippen LogP contribution in [0.4, 0.5) is 5.82 Å². The number of nitrogens with two attached hydrogens (primary N) is 1. The second-order valence-corrected chi connectivity index (χ2v) is 5.44. The maximum absolute atomic E-state index is 9.43. The number of fused-ring (bicyclic) bond motifs is 1. The topological polar surface area (TPSA) is 62.7 Å². The van der Waals surface area contributed by atoms with Crippen molar-refractivity contribution in [2.75, 3.05) is 5.73 Å². The summed E-state index contributed by atoms with van der Waals surface area (Å²) in [4.78, 5) is 4.42.